The number of amides is 1. The maximum atomic E-state index is 12.2. The van der Waals surface area contributed by atoms with Crippen LogP contribution in [0.3, 0.4) is 0 Å². The Labute approximate surface area is 181 Å². The Morgan fingerprint density at radius 2 is 1.62 bits per heavy atom. The molecule has 0 atom stereocenters. The first-order chi connectivity index (χ1) is 15.7. The summed E-state index contributed by atoms with van der Waals surface area (Å²) in [6.07, 6.45) is 6.11. The summed E-state index contributed by atoms with van der Waals surface area (Å²) in [7, 11) is 0. The van der Waals surface area contributed by atoms with E-state index in [4.69, 9.17) is 0 Å². The maximum Gasteiger partial charge on any atom is 0.253 e. The molecule has 0 fully saturated rings. The Hall–Kier alpha value is -4.73. The van der Waals surface area contributed by atoms with Crippen molar-refractivity contribution in [3.05, 3.63) is 89.9 Å². The number of fused-ring (bicyclic) bond motifs is 1. The summed E-state index contributed by atoms with van der Waals surface area (Å²) in [5.74, 6) is 0.303. The van der Waals surface area contributed by atoms with Gasteiger partial charge in [0, 0.05) is 41.5 Å². The minimum Gasteiger partial charge on any atom is -0.325 e. The summed E-state index contributed by atoms with van der Waals surface area (Å²) in [5, 5.41) is 15.9. The zero-order valence-electron chi connectivity index (χ0n) is 16.7. The van der Waals surface area contributed by atoms with E-state index < -0.39 is 0 Å². The third-order valence-corrected chi connectivity index (χ3v) is 4.77. The molecule has 1 N–H and O–H groups in total. The highest BCUT2D eigenvalue weighted by atomic mass is 16.2. The van der Waals surface area contributed by atoms with Crippen molar-refractivity contribution in [2.75, 3.05) is 5.32 Å². The molecule has 0 aliphatic carbocycles. The summed E-state index contributed by atoms with van der Waals surface area (Å²) in [4.78, 5) is 31.8. The van der Waals surface area contributed by atoms with Crippen LogP contribution in [0.2, 0.25) is 0 Å². The molecule has 0 spiro atoms. The van der Waals surface area contributed by atoms with E-state index in [-0.39, 0.29) is 18.0 Å². The second-order valence-corrected chi connectivity index (χ2v) is 6.92. The van der Waals surface area contributed by atoms with Gasteiger partial charge in [-0.15, -0.1) is 10.2 Å². The van der Waals surface area contributed by atoms with Crippen LogP contribution >= 0.6 is 0 Å². The van der Waals surface area contributed by atoms with Gasteiger partial charge in [-0.25, -0.2) is 4.98 Å². The standard InChI is InChI=1S/C22H16N8O2/c31-20(13-29-14-24-12-9-21(29)32)25-17-3-1-15(2-4-17)18-5-6-19-26-27-22(30(19)28-18)16-7-10-23-11-8-16/h1-12,14H,13H2,(H,25,31). The molecule has 0 saturated carbocycles. The molecule has 0 aliphatic rings. The Bertz CT molecular complexity index is 1460. The van der Waals surface area contributed by atoms with Crippen molar-refractivity contribution in [1.82, 2.24) is 34.3 Å². The number of anilines is 1. The molecule has 4 aromatic heterocycles. The molecule has 1 amide bonds. The number of benzene rings is 1. The zero-order chi connectivity index (χ0) is 21.9. The number of carbonyl (C=O) groups is 1. The van der Waals surface area contributed by atoms with Crippen LogP contribution in [-0.2, 0) is 11.3 Å². The van der Waals surface area contributed by atoms with E-state index in [0.29, 0.717) is 17.2 Å². The number of pyridine rings is 1. The van der Waals surface area contributed by atoms with Gasteiger partial charge in [0.05, 0.1) is 12.0 Å². The summed E-state index contributed by atoms with van der Waals surface area (Å²) < 4.78 is 2.92. The van der Waals surface area contributed by atoms with Gasteiger partial charge in [0.2, 0.25) is 5.91 Å². The molecule has 5 rings (SSSR count). The summed E-state index contributed by atoms with van der Waals surface area (Å²) in [5.41, 5.74) is 3.42. The lowest BCUT2D eigenvalue weighted by molar-refractivity contribution is -0.116. The molecule has 10 heteroatoms. The maximum absolute atomic E-state index is 12.2. The first kappa shape index (κ1) is 19.2. The van der Waals surface area contributed by atoms with Crippen molar-refractivity contribution in [1.29, 1.82) is 0 Å². The van der Waals surface area contributed by atoms with E-state index in [1.165, 1.54) is 23.2 Å². The summed E-state index contributed by atoms with van der Waals surface area (Å²) in [6, 6.07) is 16.0. The Balaban J connectivity index is 1.36. The van der Waals surface area contributed by atoms with E-state index >= 15 is 0 Å². The van der Waals surface area contributed by atoms with Gasteiger partial charge in [-0.05, 0) is 36.4 Å². The third kappa shape index (κ3) is 3.84. The molecule has 32 heavy (non-hydrogen) atoms. The van der Waals surface area contributed by atoms with E-state index in [2.05, 4.69) is 30.6 Å². The van der Waals surface area contributed by atoms with Crippen molar-refractivity contribution in [3.63, 3.8) is 0 Å². The number of hydrogen-bond acceptors (Lipinski definition) is 7. The highest BCUT2D eigenvalue weighted by Crippen LogP contribution is 2.22. The van der Waals surface area contributed by atoms with Gasteiger partial charge in [0.15, 0.2) is 11.5 Å². The fraction of sp³-hybridized carbons (Fsp3) is 0.0455. The van der Waals surface area contributed by atoms with Crippen molar-refractivity contribution < 1.29 is 4.79 Å². The predicted molar refractivity (Wildman–Crippen MR) is 117 cm³/mol. The molecular weight excluding hydrogens is 408 g/mol. The quantitative estimate of drug-likeness (QED) is 0.458. The van der Waals surface area contributed by atoms with E-state index in [1.807, 2.05) is 36.4 Å². The summed E-state index contributed by atoms with van der Waals surface area (Å²) in [6.45, 7) is -0.113. The van der Waals surface area contributed by atoms with Crippen LogP contribution in [0.4, 0.5) is 5.69 Å². The molecule has 156 valence electrons. The second kappa shape index (κ2) is 8.19. The minimum atomic E-state index is -0.320. The fourth-order valence-corrected chi connectivity index (χ4v) is 3.20. The van der Waals surface area contributed by atoms with Gasteiger partial charge in [0.1, 0.15) is 6.54 Å². The topological polar surface area (TPSA) is 120 Å². The first-order valence-electron chi connectivity index (χ1n) is 9.71. The SMILES string of the molecule is O=C(Cn1cnccc1=O)Nc1ccc(-c2ccc3nnc(-c4ccncc4)n3n2)cc1. The van der Waals surface area contributed by atoms with Crippen LogP contribution < -0.4 is 10.9 Å². The molecule has 0 bridgehead atoms. The number of aromatic nitrogens is 7. The average molecular weight is 424 g/mol. The molecule has 10 nitrogen and oxygen atoms in total. The summed E-state index contributed by atoms with van der Waals surface area (Å²) >= 11 is 0. The third-order valence-electron chi connectivity index (χ3n) is 4.77. The lowest BCUT2D eigenvalue weighted by Crippen LogP contribution is -2.26. The molecule has 5 aromatic rings. The van der Waals surface area contributed by atoms with Crippen molar-refractivity contribution in [3.8, 4) is 22.6 Å². The number of nitrogens with one attached hydrogen (secondary N) is 1. The lowest BCUT2D eigenvalue weighted by atomic mass is 10.1. The molecular formula is C22H16N8O2. The normalized spacial score (nSPS) is 10.9. The first-order valence-corrected chi connectivity index (χ1v) is 9.71. The molecule has 1 aromatic carbocycles. The van der Waals surface area contributed by atoms with Crippen LogP contribution in [0.25, 0.3) is 28.3 Å². The lowest BCUT2D eigenvalue weighted by Gasteiger charge is -2.08. The predicted octanol–water partition coefficient (Wildman–Crippen LogP) is 2.05. The van der Waals surface area contributed by atoms with Gasteiger partial charge in [-0.1, -0.05) is 12.1 Å². The Morgan fingerprint density at radius 3 is 2.41 bits per heavy atom. The van der Waals surface area contributed by atoms with Crippen LogP contribution in [0, 0.1) is 0 Å². The Morgan fingerprint density at radius 1 is 0.844 bits per heavy atom. The van der Waals surface area contributed by atoms with E-state index in [1.54, 1.807) is 29.0 Å². The molecule has 0 unspecified atom stereocenters. The Kier molecular flexibility index (Phi) is 4.92. The zero-order valence-corrected chi connectivity index (χ0v) is 16.7. The van der Waals surface area contributed by atoms with Crippen molar-refractivity contribution in [2.45, 2.75) is 6.54 Å². The van der Waals surface area contributed by atoms with Crippen LogP contribution in [0.15, 0.2) is 84.3 Å². The van der Waals surface area contributed by atoms with Crippen LogP contribution in [0.1, 0.15) is 0 Å². The highest BCUT2D eigenvalue weighted by Gasteiger charge is 2.11. The van der Waals surface area contributed by atoms with Crippen molar-refractivity contribution >= 4 is 17.2 Å². The molecule has 0 radical (unpaired) electrons. The van der Waals surface area contributed by atoms with E-state index in [0.717, 1.165) is 16.8 Å². The number of rotatable bonds is 5. The van der Waals surface area contributed by atoms with Gasteiger partial charge in [-0.2, -0.15) is 9.61 Å². The number of nitrogens with zero attached hydrogens (tertiary/aromatic N) is 7. The number of hydrogen-bond donors (Lipinski definition) is 1. The number of carbonyl (C=O) groups excluding carboxylic acids is 1. The van der Waals surface area contributed by atoms with Gasteiger partial charge < -0.3 is 5.32 Å². The smallest absolute Gasteiger partial charge is 0.253 e. The van der Waals surface area contributed by atoms with Crippen LogP contribution in [-0.4, -0.2) is 40.3 Å². The largest absolute Gasteiger partial charge is 0.325 e. The van der Waals surface area contributed by atoms with E-state index in [9.17, 15) is 9.59 Å². The minimum absolute atomic E-state index is 0.113. The highest BCUT2D eigenvalue weighted by molar-refractivity contribution is 5.90. The van der Waals surface area contributed by atoms with Gasteiger partial charge >= 0.3 is 0 Å². The fourth-order valence-electron chi connectivity index (χ4n) is 3.20. The van der Waals surface area contributed by atoms with Crippen molar-refractivity contribution in [2.24, 2.45) is 0 Å². The average Bonchev–Trinajstić information content (AvgIpc) is 3.25. The molecule has 0 aliphatic heterocycles. The van der Waals surface area contributed by atoms with Crippen LogP contribution in [0.5, 0.6) is 0 Å². The monoisotopic (exact) mass is 424 g/mol. The van der Waals surface area contributed by atoms with Gasteiger partial charge in [-0.3, -0.25) is 19.1 Å². The molecule has 4 heterocycles. The second-order valence-electron chi connectivity index (χ2n) is 6.92. The van der Waals surface area contributed by atoms with Gasteiger partial charge in [0.25, 0.3) is 5.56 Å². The molecule has 0 saturated heterocycles.